The molecule has 0 unspecified atom stereocenters. The molecule has 0 aromatic carbocycles. The Hall–Kier alpha value is -0.830. The Morgan fingerprint density at radius 3 is 2.50 bits per heavy atom. The molecule has 12 heavy (non-hydrogen) atoms. The van der Waals surface area contributed by atoms with E-state index in [1.54, 1.807) is 0 Å². The fraction of sp³-hybridized carbons (Fsp3) is 0.667. The molecule has 3 nitrogen and oxygen atoms in total. The number of aromatic nitrogens is 2. The molecule has 3 heteroatoms. The van der Waals surface area contributed by atoms with Gasteiger partial charge in [0.25, 0.3) is 0 Å². The van der Waals surface area contributed by atoms with Gasteiger partial charge >= 0.3 is 0 Å². The van der Waals surface area contributed by atoms with Gasteiger partial charge in [0.15, 0.2) is 0 Å². The van der Waals surface area contributed by atoms with Gasteiger partial charge in [0.1, 0.15) is 0 Å². The standard InChI is InChI=1S/C9H17N3/c1-7-8(5-9(2,3)10)6-12(4)11-7/h6H,5,10H2,1-4H3. The summed E-state index contributed by atoms with van der Waals surface area (Å²) in [5.74, 6) is 0. The van der Waals surface area contributed by atoms with Crippen molar-refractivity contribution in [2.24, 2.45) is 12.8 Å². The van der Waals surface area contributed by atoms with E-state index < -0.39 is 0 Å². The molecular formula is C9H17N3. The molecule has 0 saturated heterocycles. The zero-order valence-electron chi connectivity index (χ0n) is 8.26. The van der Waals surface area contributed by atoms with E-state index in [0.717, 1.165) is 12.1 Å². The third-order valence-corrected chi connectivity index (χ3v) is 1.76. The zero-order chi connectivity index (χ0) is 9.35. The van der Waals surface area contributed by atoms with Crippen LogP contribution in [0.2, 0.25) is 0 Å². The van der Waals surface area contributed by atoms with Gasteiger partial charge in [-0.1, -0.05) is 0 Å². The van der Waals surface area contributed by atoms with Crippen LogP contribution in [0.1, 0.15) is 25.1 Å². The van der Waals surface area contributed by atoms with Gasteiger partial charge in [-0.3, -0.25) is 4.68 Å². The Bertz CT molecular complexity index is 268. The van der Waals surface area contributed by atoms with Crippen molar-refractivity contribution in [3.05, 3.63) is 17.5 Å². The van der Waals surface area contributed by atoms with Crippen molar-refractivity contribution >= 4 is 0 Å². The van der Waals surface area contributed by atoms with Crippen molar-refractivity contribution in [1.29, 1.82) is 0 Å². The molecule has 68 valence electrons. The summed E-state index contributed by atoms with van der Waals surface area (Å²) in [5, 5.41) is 4.26. The van der Waals surface area contributed by atoms with Crippen molar-refractivity contribution in [2.45, 2.75) is 32.7 Å². The number of aryl methyl sites for hydroxylation is 2. The SMILES string of the molecule is Cc1nn(C)cc1CC(C)(C)N. The van der Waals surface area contributed by atoms with Crippen LogP contribution in [-0.2, 0) is 13.5 Å². The number of hydrogen-bond acceptors (Lipinski definition) is 2. The van der Waals surface area contributed by atoms with Gasteiger partial charge in [0.05, 0.1) is 5.69 Å². The lowest BCUT2D eigenvalue weighted by Crippen LogP contribution is -2.34. The lowest BCUT2D eigenvalue weighted by Gasteiger charge is -2.17. The highest BCUT2D eigenvalue weighted by molar-refractivity contribution is 5.17. The van der Waals surface area contributed by atoms with Crippen LogP contribution in [0.15, 0.2) is 6.20 Å². The predicted molar refractivity (Wildman–Crippen MR) is 49.9 cm³/mol. The molecule has 0 fully saturated rings. The maximum absolute atomic E-state index is 5.91. The highest BCUT2D eigenvalue weighted by Gasteiger charge is 2.14. The van der Waals surface area contributed by atoms with E-state index >= 15 is 0 Å². The van der Waals surface area contributed by atoms with Gasteiger partial charge in [-0.05, 0) is 32.8 Å². The topological polar surface area (TPSA) is 43.8 Å². The van der Waals surface area contributed by atoms with Crippen LogP contribution in [0.5, 0.6) is 0 Å². The van der Waals surface area contributed by atoms with Crippen molar-refractivity contribution in [3.63, 3.8) is 0 Å². The lowest BCUT2D eigenvalue weighted by atomic mass is 9.97. The summed E-state index contributed by atoms with van der Waals surface area (Å²) in [4.78, 5) is 0. The normalized spacial score (nSPS) is 12.1. The van der Waals surface area contributed by atoms with E-state index in [1.165, 1.54) is 5.56 Å². The molecule has 0 aliphatic carbocycles. The average molecular weight is 167 g/mol. The Labute approximate surface area is 73.6 Å². The maximum atomic E-state index is 5.91. The first-order valence-corrected chi connectivity index (χ1v) is 4.16. The Morgan fingerprint density at radius 2 is 2.17 bits per heavy atom. The number of rotatable bonds is 2. The zero-order valence-corrected chi connectivity index (χ0v) is 8.26. The highest BCUT2D eigenvalue weighted by atomic mass is 15.2. The fourth-order valence-electron chi connectivity index (χ4n) is 1.31. The number of nitrogens with two attached hydrogens (primary N) is 1. The molecule has 0 radical (unpaired) electrons. The molecule has 0 saturated carbocycles. The van der Waals surface area contributed by atoms with E-state index in [9.17, 15) is 0 Å². The predicted octanol–water partition coefficient (Wildman–Crippen LogP) is 1.01. The van der Waals surface area contributed by atoms with E-state index in [1.807, 2.05) is 38.7 Å². The molecule has 1 heterocycles. The van der Waals surface area contributed by atoms with Gasteiger partial charge in [-0.2, -0.15) is 5.10 Å². The van der Waals surface area contributed by atoms with E-state index in [4.69, 9.17) is 5.73 Å². The van der Waals surface area contributed by atoms with Crippen molar-refractivity contribution < 1.29 is 0 Å². The van der Waals surface area contributed by atoms with Gasteiger partial charge in [0.2, 0.25) is 0 Å². The first-order valence-electron chi connectivity index (χ1n) is 4.16. The summed E-state index contributed by atoms with van der Waals surface area (Å²) in [5.41, 5.74) is 8.08. The highest BCUT2D eigenvalue weighted by Crippen LogP contribution is 2.12. The first-order chi connectivity index (χ1) is 5.38. The molecule has 0 aliphatic rings. The van der Waals surface area contributed by atoms with Crippen LogP contribution in [0, 0.1) is 6.92 Å². The van der Waals surface area contributed by atoms with Gasteiger partial charge < -0.3 is 5.73 Å². The van der Waals surface area contributed by atoms with Gasteiger partial charge in [-0.15, -0.1) is 0 Å². The second-order valence-corrected chi connectivity index (χ2v) is 4.08. The second-order valence-electron chi connectivity index (χ2n) is 4.08. The van der Waals surface area contributed by atoms with Gasteiger partial charge in [-0.25, -0.2) is 0 Å². The molecule has 0 bridgehead atoms. The first kappa shape index (κ1) is 9.26. The van der Waals surface area contributed by atoms with E-state index in [-0.39, 0.29) is 5.54 Å². The van der Waals surface area contributed by atoms with Gasteiger partial charge in [0, 0.05) is 18.8 Å². The maximum Gasteiger partial charge on any atom is 0.0626 e. The van der Waals surface area contributed by atoms with Crippen LogP contribution in [0.25, 0.3) is 0 Å². The smallest absolute Gasteiger partial charge is 0.0626 e. The minimum Gasteiger partial charge on any atom is -0.325 e. The minimum atomic E-state index is -0.145. The quantitative estimate of drug-likeness (QED) is 0.714. The summed E-state index contributed by atoms with van der Waals surface area (Å²) in [6.45, 7) is 6.07. The summed E-state index contributed by atoms with van der Waals surface area (Å²) in [6.07, 6.45) is 2.91. The Morgan fingerprint density at radius 1 is 1.58 bits per heavy atom. The molecule has 0 aliphatic heterocycles. The molecule has 0 amide bonds. The summed E-state index contributed by atoms with van der Waals surface area (Å²) in [7, 11) is 1.93. The fourth-order valence-corrected chi connectivity index (χ4v) is 1.31. The van der Waals surface area contributed by atoms with Crippen LogP contribution < -0.4 is 5.73 Å². The molecular weight excluding hydrogens is 150 g/mol. The largest absolute Gasteiger partial charge is 0.325 e. The minimum absolute atomic E-state index is 0.145. The summed E-state index contributed by atoms with van der Waals surface area (Å²) >= 11 is 0. The van der Waals surface area contributed by atoms with Crippen LogP contribution in [-0.4, -0.2) is 15.3 Å². The van der Waals surface area contributed by atoms with Crippen molar-refractivity contribution in [1.82, 2.24) is 9.78 Å². The molecule has 2 N–H and O–H groups in total. The lowest BCUT2D eigenvalue weighted by molar-refractivity contribution is 0.515. The second kappa shape index (κ2) is 2.90. The average Bonchev–Trinajstić information content (AvgIpc) is 2.06. The van der Waals surface area contributed by atoms with Crippen LogP contribution >= 0.6 is 0 Å². The van der Waals surface area contributed by atoms with E-state index in [0.29, 0.717) is 0 Å². The van der Waals surface area contributed by atoms with Crippen LogP contribution in [0.4, 0.5) is 0 Å². The molecule has 1 aromatic heterocycles. The third-order valence-electron chi connectivity index (χ3n) is 1.76. The summed E-state index contributed by atoms with van der Waals surface area (Å²) in [6, 6.07) is 0. The van der Waals surface area contributed by atoms with Crippen molar-refractivity contribution in [2.75, 3.05) is 0 Å². The number of nitrogens with zero attached hydrogens (tertiary/aromatic N) is 2. The third kappa shape index (κ3) is 2.34. The Kier molecular flexibility index (Phi) is 2.24. The van der Waals surface area contributed by atoms with E-state index in [2.05, 4.69) is 5.10 Å². The monoisotopic (exact) mass is 167 g/mol. The molecule has 1 rings (SSSR count). The van der Waals surface area contributed by atoms with Crippen LogP contribution in [0.3, 0.4) is 0 Å². The van der Waals surface area contributed by atoms with Crippen molar-refractivity contribution in [3.8, 4) is 0 Å². The Balaban J connectivity index is 2.82. The molecule has 0 atom stereocenters. The summed E-state index contributed by atoms with van der Waals surface area (Å²) < 4.78 is 1.83. The molecule has 1 aromatic rings. The molecule has 0 spiro atoms. The number of hydrogen-bond donors (Lipinski definition) is 1.